The summed E-state index contributed by atoms with van der Waals surface area (Å²) < 4.78 is 5.09. The predicted molar refractivity (Wildman–Crippen MR) is 102 cm³/mol. The first kappa shape index (κ1) is 18.6. The van der Waals surface area contributed by atoms with E-state index in [4.69, 9.17) is 17.0 Å². The normalized spacial score (nSPS) is 10.3. The van der Waals surface area contributed by atoms with Crippen LogP contribution in [0.2, 0.25) is 0 Å². The highest BCUT2D eigenvalue weighted by Crippen LogP contribution is 2.33. The highest BCUT2D eigenvalue weighted by atomic mass is 32.1. The van der Waals surface area contributed by atoms with E-state index in [-0.39, 0.29) is 17.4 Å². The van der Waals surface area contributed by atoms with Crippen LogP contribution in [0.5, 0.6) is 0 Å². The topological polar surface area (TPSA) is 67.4 Å². The molecule has 0 aliphatic heterocycles. The molecule has 2 rings (SSSR count). The molecule has 5 nitrogen and oxygen atoms in total. The zero-order valence-corrected chi connectivity index (χ0v) is 16.0. The Bertz CT molecular complexity index is 751. The number of esters is 1. The molecule has 0 atom stereocenters. The Labute approximate surface area is 154 Å². The van der Waals surface area contributed by atoms with Gasteiger partial charge in [0, 0.05) is 9.75 Å². The summed E-state index contributed by atoms with van der Waals surface area (Å²) in [5.41, 5.74) is 1.32. The van der Waals surface area contributed by atoms with Crippen molar-refractivity contribution in [3.05, 3.63) is 38.4 Å². The average Bonchev–Trinajstić information content (AvgIpc) is 3.08. The summed E-state index contributed by atoms with van der Waals surface area (Å²) in [5, 5.41) is 8.26. The number of amides is 1. The van der Waals surface area contributed by atoms with E-state index in [0.29, 0.717) is 17.2 Å². The lowest BCUT2D eigenvalue weighted by Gasteiger charge is -2.10. The van der Waals surface area contributed by atoms with Gasteiger partial charge in [-0.1, -0.05) is 6.07 Å². The van der Waals surface area contributed by atoms with E-state index >= 15 is 0 Å². The van der Waals surface area contributed by atoms with Gasteiger partial charge in [-0.3, -0.25) is 4.79 Å². The molecule has 2 aromatic heterocycles. The summed E-state index contributed by atoms with van der Waals surface area (Å²) in [6, 6.07) is 3.79. The third-order valence-electron chi connectivity index (χ3n) is 3.26. The summed E-state index contributed by atoms with van der Waals surface area (Å²) >= 11 is 8.11. The fraction of sp³-hybridized carbons (Fsp3) is 0.312. The molecule has 0 aromatic carbocycles. The molecule has 0 radical (unpaired) electrons. The quantitative estimate of drug-likeness (QED) is 0.610. The van der Waals surface area contributed by atoms with Crippen molar-refractivity contribution in [2.24, 2.45) is 0 Å². The second kappa shape index (κ2) is 8.36. The SMILES string of the molecule is CCOC(=O)c1c(NC(=S)NC(=O)Cc2cccs2)sc(C)c1C. The third kappa shape index (κ3) is 4.62. The molecule has 0 saturated carbocycles. The first-order valence-corrected chi connectivity index (χ1v) is 9.43. The minimum Gasteiger partial charge on any atom is -0.462 e. The number of carbonyl (C=O) groups is 2. The van der Waals surface area contributed by atoms with Crippen molar-refractivity contribution in [2.45, 2.75) is 27.2 Å². The van der Waals surface area contributed by atoms with Gasteiger partial charge in [0.05, 0.1) is 18.6 Å². The van der Waals surface area contributed by atoms with Crippen molar-refractivity contribution in [3.8, 4) is 0 Å². The van der Waals surface area contributed by atoms with Gasteiger partial charge >= 0.3 is 5.97 Å². The molecule has 128 valence electrons. The minimum absolute atomic E-state index is 0.170. The molecule has 0 fully saturated rings. The standard InChI is InChI=1S/C16H18N2O3S3/c1-4-21-15(20)13-9(2)10(3)24-14(13)18-16(22)17-12(19)8-11-6-5-7-23-11/h5-7H,4,8H2,1-3H3,(H2,17,18,19,22). The maximum absolute atomic E-state index is 12.1. The van der Waals surface area contributed by atoms with Gasteiger partial charge in [0.15, 0.2) is 5.11 Å². The fourth-order valence-corrected chi connectivity index (χ4v) is 4.08. The smallest absolute Gasteiger partial charge is 0.341 e. The molecule has 0 aliphatic carbocycles. The van der Waals surface area contributed by atoms with Crippen molar-refractivity contribution in [1.82, 2.24) is 5.32 Å². The number of aryl methyl sites for hydroxylation is 1. The first-order chi connectivity index (χ1) is 11.4. The molecule has 24 heavy (non-hydrogen) atoms. The Kier molecular flexibility index (Phi) is 6.47. The van der Waals surface area contributed by atoms with Crippen LogP contribution in [-0.2, 0) is 16.0 Å². The number of thiocarbonyl (C=S) groups is 1. The van der Waals surface area contributed by atoms with Crippen molar-refractivity contribution < 1.29 is 14.3 Å². The van der Waals surface area contributed by atoms with Gasteiger partial charge in [0.25, 0.3) is 0 Å². The lowest BCUT2D eigenvalue weighted by atomic mass is 10.1. The first-order valence-electron chi connectivity index (χ1n) is 7.32. The fourth-order valence-electron chi connectivity index (χ4n) is 2.04. The molecule has 0 saturated heterocycles. The third-order valence-corrected chi connectivity index (χ3v) is 5.46. The molecule has 2 N–H and O–H groups in total. The van der Waals surface area contributed by atoms with E-state index in [1.807, 2.05) is 31.4 Å². The van der Waals surface area contributed by atoms with E-state index < -0.39 is 5.97 Å². The molecule has 0 spiro atoms. The highest BCUT2D eigenvalue weighted by molar-refractivity contribution is 7.80. The van der Waals surface area contributed by atoms with Gasteiger partial charge in [-0.15, -0.1) is 22.7 Å². The molecular formula is C16H18N2O3S3. The van der Waals surface area contributed by atoms with E-state index in [0.717, 1.165) is 15.3 Å². The molecule has 0 unspecified atom stereocenters. The van der Waals surface area contributed by atoms with Gasteiger partial charge in [-0.25, -0.2) is 4.79 Å². The maximum atomic E-state index is 12.1. The number of ether oxygens (including phenoxy) is 1. The van der Waals surface area contributed by atoms with Crippen LogP contribution in [0.3, 0.4) is 0 Å². The van der Waals surface area contributed by atoms with Crippen LogP contribution in [0.25, 0.3) is 0 Å². The Hall–Kier alpha value is -1.77. The van der Waals surface area contributed by atoms with Gasteiger partial charge < -0.3 is 15.4 Å². The number of anilines is 1. The molecule has 2 aromatic rings. The summed E-state index contributed by atoms with van der Waals surface area (Å²) in [7, 11) is 0. The van der Waals surface area contributed by atoms with Crippen LogP contribution in [0.15, 0.2) is 17.5 Å². The van der Waals surface area contributed by atoms with Gasteiger partial charge in [-0.05, 0) is 50.0 Å². The van der Waals surface area contributed by atoms with Crippen LogP contribution < -0.4 is 10.6 Å². The van der Waals surface area contributed by atoms with Gasteiger partial charge in [0.1, 0.15) is 5.00 Å². The summed E-state index contributed by atoms with van der Waals surface area (Å²) in [6.45, 7) is 5.84. The summed E-state index contributed by atoms with van der Waals surface area (Å²) in [5.74, 6) is -0.591. The molecule has 1 amide bonds. The van der Waals surface area contributed by atoms with Crippen molar-refractivity contribution in [3.63, 3.8) is 0 Å². The highest BCUT2D eigenvalue weighted by Gasteiger charge is 2.21. The lowest BCUT2D eigenvalue weighted by Crippen LogP contribution is -2.35. The Morgan fingerprint density at radius 2 is 2.08 bits per heavy atom. The van der Waals surface area contributed by atoms with Crippen LogP contribution in [0.4, 0.5) is 5.00 Å². The molecule has 0 aliphatic rings. The van der Waals surface area contributed by atoms with Gasteiger partial charge in [-0.2, -0.15) is 0 Å². The zero-order chi connectivity index (χ0) is 17.7. The van der Waals surface area contributed by atoms with Crippen LogP contribution in [-0.4, -0.2) is 23.6 Å². The minimum atomic E-state index is -0.394. The van der Waals surface area contributed by atoms with Crippen LogP contribution in [0.1, 0.15) is 32.6 Å². The van der Waals surface area contributed by atoms with Crippen LogP contribution >= 0.6 is 34.9 Å². The van der Waals surface area contributed by atoms with Crippen molar-refractivity contribution in [2.75, 3.05) is 11.9 Å². The second-order valence-electron chi connectivity index (χ2n) is 4.97. The maximum Gasteiger partial charge on any atom is 0.341 e. The molecule has 0 bridgehead atoms. The van der Waals surface area contributed by atoms with E-state index in [9.17, 15) is 9.59 Å². The number of hydrogen-bond acceptors (Lipinski definition) is 6. The van der Waals surface area contributed by atoms with Crippen molar-refractivity contribution >= 4 is 56.9 Å². The van der Waals surface area contributed by atoms with E-state index in [1.165, 1.54) is 22.7 Å². The zero-order valence-electron chi connectivity index (χ0n) is 13.6. The largest absolute Gasteiger partial charge is 0.462 e. The van der Waals surface area contributed by atoms with E-state index in [2.05, 4.69) is 10.6 Å². The Balaban J connectivity index is 2.04. The number of thiophene rings is 2. The van der Waals surface area contributed by atoms with Gasteiger partial charge in [0.2, 0.25) is 5.91 Å². The number of carbonyl (C=O) groups excluding carboxylic acids is 2. The van der Waals surface area contributed by atoms with E-state index in [1.54, 1.807) is 6.92 Å². The van der Waals surface area contributed by atoms with Crippen molar-refractivity contribution in [1.29, 1.82) is 0 Å². The second-order valence-corrected chi connectivity index (χ2v) is 7.63. The summed E-state index contributed by atoms with van der Waals surface area (Å²) in [4.78, 5) is 26.1. The Morgan fingerprint density at radius 3 is 2.71 bits per heavy atom. The monoisotopic (exact) mass is 382 g/mol. The number of nitrogens with one attached hydrogen (secondary N) is 2. The molecular weight excluding hydrogens is 364 g/mol. The summed E-state index contributed by atoms with van der Waals surface area (Å²) in [6.07, 6.45) is 0.271. The molecule has 8 heteroatoms. The number of hydrogen-bond donors (Lipinski definition) is 2. The van der Waals surface area contributed by atoms with Crippen LogP contribution in [0, 0.1) is 13.8 Å². The average molecular weight is 383 g/mol. The lowest BCUT2D eigenvalue weighted by molar-refractivity contribution is -0.118. The molecule has 2 heterocycles. The Morgan fingerprint density at radius 1 is 1.33 bits per heavy atom. The number of rotatable bonds is 5. The predicted octanol–water partition coefficient (Wildman–Crippen LogP) is 3.66.